The second-order valence-electron chi connectivity index (χ2n) is 5.10. The van der Waals surface area contributed by atoms with Crippen LogP contribution in [0.5, 0.6) is 0 Å². The van der Waals surface area contributed by atoms with E-state index in [0.717, 1.165) is 19.3 Å². The number of hydrogen-bond acceptors (Lipinski definition) is 2. The highest BCUT2D eigenvalue weighted by molar-refractivity contribution is 5.77. The van der Waals surface area contributed by atoms with E-state index in [4.69, 9.17) is 4.74 Å². The number of allylic oxidation sites excluding steroid dienone is 1. The Hall–Kier alpha value is -0.790. The Labute approximate surface area is 92.7 Å². The smallest absolute Gasteiger partial charge is 0.311 e. The van der Waals surface area contributed by atoms with E-state index in [2.05, 4.69) is 6.58 Å². The van der Waals surface area contributed by atoms with Gasteiger partial charge in [-0.25, -0.2) is 0 Å². The fourth-order valence-electron chi connectivity index (χ4n) is 2.88. The summed E-state index contributed by atoms with van der Waals surface area (Å²) in [6, 6.07) is 0. The first-order chi connectivity index (χ1) is 7.00. The van der Waals surface area contributed by atoms with Gasteiger partial charge in [0.05, 0.1) is 12.5 Å². The fraction of sp³-hybridized carbons (Fsp3) is 0.769. The third-order valence-electron chi connectivity index (χ3n) is 4.12. The van der Waals surface area contributed by atoms with Gasteiger partial charge in [-0.3, -0.25) is 4.79 Å². The van der Waals surface area contributed by atoms with Crippen LogP contribution >= 0.6 is 0 Å². The van der Waals surface area contributed by atoms with Crippen LogP contribution in [0.2, 0.25) is 0 Å². The Morgan fingerprint density at radius 1 is 1.47 bits per heavy atom. The van der Waals surface area contributed by atoms with Crippen LogP contribution in [0.1, 0.15) is 46.0 Å². The van der Waals surface area contributed by atoms with Gasteiger partial charge >= 0.3 is 5.97 Å². The summed E-state index contributed by atoms with van der Waals surface area (Å²) in [5.74, 6) is -0.0914. The van der Waals surface area contributed by atoms with Crippen LogP contribution in [0, 0.1) is 10.8 Å². The summed E-state index contributed by atoms with van der Waals surface area (Å²) in [5.41, 5.74) is -0.325. The molecular weight excluding hydrogens is 188 g/mol. The first-order valence-electron chi connectivity index (χ1n) is 5.69. The molecule has 1 aliphatic carbocycles. The summed E-state index contributed by atoms with van der Waals surface area (Å²) in [5, 5.41) is 0. The Balaban J connectivity index is 2.97. The molecule has 0 aromatic carbocycles. The highest BCUT2D eigenvalue weighted by atomic mass is 16.5. The summed E-state index contributed by atoms with van der Waals surface area (Å²) >= 11 is 0. The van der Waals surface area contributed by atoms with Crippen LogP contribution in [0.15, 0.2) is 12.7 Å². The van der Waals surface area contributed by atoms with Crippen molar-refractivity contribution < 1.29 is 9.53 Å². The molecule has 2 nitrogen and oxygen atoms in total. The molecule has 0 N–H and O–H groups in total. The maximum atomic E-state index is 11.8. The van der Waals surface area contributed by atoms with Gasteiger partial charge in [-0.1, -0.05) is 18.9 Å². The van der Waals surface area contributed by atoms with Crippen molar-refractivity contribution in [2.45, 2.75) is 46.0 Å². The van der Waals surface area contributed by atoms with Crippen LogP contribution in [0.25, 0.3) is 0 Å². The van der Waals surface area contributed by atoms with Gasteiger partial charge < -0.3 is 4.74 Å². The second-order valence-corrected chi connectivity index (χ2v) is 5.10. The molecule has 1 rings (SSSR count). The van der Waals surface area contributed by atoms with Crippen molar-refractivity contribution in [3.63, 3.8) is 0 Å². The van der Waals surface area contributed by atoms with Crippen molar-refractivity contribution in [3.05, 3.63) is 12.7 Å². The van der Waals surface area contributed by atoms with E-state index in [1.165, 1.54) is 20.0 Å². The number of esters is 1. The molecule has 0 aromatic rings. The lowest BCUT2D eigenvalue weighted by molar-refractivity contribution is -0.159. The number of carbonyl (C=O) groups is 1. The summed E-state index contributed by atoms with van der Waals surface area (Å²) < 4.78 is 4.93. The molecule has 15 heavy (non-hydrogen) atoms. The molecule has 0 aliphatic heterocycles. The molecule has 0 heterocycles. The Morgan fingerprint density at radius 3 is 2.40 bits per heavy atom. The molecule has 0 unspecified atom stereocenters. The highest BCUT2D eigenvalue weighted by Gasteiger charge is 2.50. The standard InChI is InChI=1S/C13H22O2/c1-5-8-13(9-6-7-10-13)12(2,3)11(14)15-4/h5H,1,6-10H2,2-4H3. The molecule has 86 valence electrons. The van der Waals surface area contributed by atoms with Gasteiger partial charge in [-0.15, -0.1) is 6.58 Å². The lowest BCUT2D eigenvalue weighted by Crippen LogP contribution is -2.42. The zero-order valence-electron chi connectivity index (χ0n) is 10.1. The lowest BCUT2D eigenvalue weighted by atomic mass is 9.62. The van der Waals surface area contributed by atoms with Crippen molar-refractivity contribution in [3.8, 4) is 0 Å². The van der Waals surface area contributed by atoms with E-state index in [0.29, 0.717) is 0 Å². The van der Waals surface area contributed by atoms with E-state index in [9.17, 15) is 4.79 Å². The molecule has 0 saturated heterocycles. The first kappa shape index (κ1) is 12.3. The van der Waals surface area contributed by atoms with Crippen molar-refractivity contribution in [2.75, 3.05) is 7.11 Å². The molecular formula is C13H22O2. The van der Waals surface area contributed by atoms with Gasteiger partial charge in [0.2, 0.25) is 0 Å². The molecule has 0 bridgehead atoms. The van der Waals surface area contributed by atoms with E-state index in [1.54, 1.807) is 0 Å². The largest absolute Gasteiger partial charge is 0.469 e. The average molecular weight is 210 g/mol. The maximum absolute atomic E-state index is 11.8. The Morgan fingerprint density at radius 2 is 2.00 bits per heavy atom. The van der Waals surface area contributed by atoms with Crippen LogP contribution in [-0.2, 0) is 9.53 Å². The van der Waals surface area contributed by atoms with Crippen LogP contribution in [0.4, 0.5) is 0 Å². The highest BCUT2D eigenvalue weighted by Crippen LogP contribution is 2.54. The second kappa shape index (κ2) is 4.38. The molecule has 1 aliphatic rings. The number of carbonyl (C=O) groups excluding carboxylic acids is 1. The monoisotopic (exact) mass is 210 g/mol. The van der Waals surface area contributed by atoms with E-state index in [1.807, 2.05) is 19.9 Å². The van der Waals surface area contributed by atoms with Crippen LogP contribution in [-0.4, -0.2) is 13.1 Å². The minimum atomic E-state index is -0.396. The van der Waals surface area contributed by atoms with Gasteiger partial charge in [0.25, 0.3) is 0 Å². The Kier molecular flexibility index (Phi) is 3.58. The van der Waals surface area contributed by atoms with Gasteiger partial charge in [-0.05, 0) is 38.5 Å². The molecule has 1 saturated carbocycles. The van der Waals surface area contributed by atoms with Gasteiger partial charge in [0.15, 0.2) is 0 Å². The third kappa shape index (κ3) is 1.95. The normalized spacial score (nSPS) is 19.9. The molecule has 0 amide bonds. The summed E-state index contributed by atoms with van der Waals surface area (Å²) in [6.07, 6.45) is 7.51. The number of methoxy groups -OCH3 is 1. The van der Waals surface area contributed by atoms with Crippen molar-refractivity contribution in [1.29, 1.82) is 0 Å². The molecule has 0 radical (unpaired) electrons. The summed E-state index contributed by atoms with van der Waals surface area (Å²) in [6.45, 7) is 7.83. The average Bonchev–Trinajstić information content (AvgIpc) is 2.67. The number of hydrogen-bond donors (Lipinski definition) is 0. The van der Waals surface area contributed by atoms with Gasteiger partial charge in [0, 0.05) is 0 Å². The van der Waals surface area contributed by atoms with E-state index >= 15 is 0 Å². The number of ether oxygens (including phenoxy) is 1. The fourth-order valence-corrected chi connectivity index (χ4v) is 2.88. The van der Waals surface area contributed by atoms with Crippen LogP contribution < -0.4 is 0 Å². The SMILES string of the molecule is C=CCC1(C(C)(C)C(=O)OC)CCCC1. The molecule has 1 fully saturated rings. The zero-order chi connectivity index (χ0) is 11.5. The summed E-state index contributed by atoms with van der Waals surface area (Å²) in [4.78, 5) is 11.8. The molecule has 0 atom stereocenters. The quantitative estimate of drug-likeness (QED) is 0.525. The molecule has 0 spiro atoms. The molecule has 0 aromatic heterocycles. The van der Waals surface area contributed by atoms with E-state index in [-0.39, 0.29) is 11.4 Å². The van der Waals surface area contributed by atoms with Crippen molar-refractivity contribution in [1.82, 2.24) is 0 Å². The Bertz CT molecular complexity index is 247. The van der Waals surface area contributed by atoms with Gasteiger partial charge in [-0.2, -0.15) is 0 Å². The maximum Gasteiger partial charge on any atom is 0.311 e. The minimum Gasteiger partial charge on any atom is -0.469 e. The predicted octanol–water partition coefficient (Wildman–Crippen LogP) is 3.32. The first-order valence-corrected chi connectivity index (χ1v) is 5.69. The van der Waals surface area contributed by atoms with Gasteiger partial charge in [0.1, 0.15) is 0 Å². The third-order valence-corrected chi connectivity index (χ3v) is 4.12. The predicted molar refractivity (Wildman–Crippen MR) is 61.5 cm³/mol. The topological polar surface area (TPSA) is 26.3 Å². The summed E-state index contributed by atoms with van der Waals surface area (Å²) in [7, 11) is 1.47. The molecule has 2 heteroatoms. The minimum absolute atomic E-state index is 0.0713. The van der Waals surface area contributed by atoms with Crippen LogP contribution in [0.3, 0.4) is 0 Å². The lowest BCUT2D eigenvalue weighted by Gasteiger charge is -2.41. The van der Waals surface area contributed by atoms with Crippen molar-refractivity contribution >= 4 is 5.97 Å². The number of rotatable bonds is 4. The van der Waals surface area contributed by atoms with E-state index < -0.39 is 5.41 Å². The van der Waals surface area contributed by atoms with Crippen molar-refractivity contribution in [2.24, 2.45) is 10.8 Å². The zero-order valence-corrected chi connectivity index (χ0v) is 10.1.